The van der Waals surface area contributed by atoms with Gasteiger partial charge in [0.25, 0.3) is 0 Å². The molecule has 0 heterocycles. The molecule has 13 rings (SSSR count). The van der Waals surface area contributed by atoms with Crippen molar-refractivity contribution in [1.82, 2.24) is 0 Å². The van der Waals surface area contributed by atoms with E-state index in [1.807, 2.05) is 0 Å². The zero-order valence-electron chi connectivity index (χ0n) is 40.4. The van der Waals surface area contributed by atoms with E-state index in [4.69, 9.17) is 0 Å². The number of hydrogen-bond acceptors (Lipinski definition) is 1. The van der Waals surface area contributed by atoms with Crippen LogP contribution < -0.4 is 0 Å². The van der Waals surface area contributed by atoms with E-state index in [9.17, 15) is 4.79 Å². The van der Waals surface area contributed by atoms with Crippen molar-refractivity contribution >= 4 is 136 Å². The van der Waals surface area contributed by atoms with Crippen LogP contribution in [0, 0.1) is 0 Å². The van der Waals surface area contributed by atoms with Gasteiger partial charge in [-0.15, -0.1) is 0 Å². The van der Waals surface area contributed by atoms with E-state index in [0.717, 1.165) is 11.8 Å². The predicted molar refractivity (Wildman–Crippen MR) is 283 cm³/mol. The SMILES string of the molecule is CC(C)(C)c1cc2c3cc(C=O)cc4c5cc(C(C)(C)C)cc6c7cc(C(C)(C)C)cc8c9cc(C(C)(C)C)cc%10c%11cc(C(C)(C)C)cc%12c(c1)c2c1c(c34)c(c56)c(c78)c(c%109)c1c%12%11. The average molecular weight is 831 g/mol. The Balaban J connectivity index is 1.51. The Hall–Kier alpha value is -5.79. The molecule has 0 atom stereocenters. The van der Waals surface area contributed by atoms with Gasteiger partial charge in [-0.05, 0) is 257 Å². The van der Waals surface area contributed by atoms with Crippen molar-refractivity contribution < 1.29 is 4.79 Å². The van der Waals surface area contributed by atoms with Crippen LogP contribution in [0.2, 0.25) is 0 Å². The third-order valence-corrected chi connectivity index (χ3v) is 16.1. The van der Waals surface area contributed by atoms with E-state index in [1.54, 1.807) is 0 Å². The van der Waals surface area contributed by atoms with Gasteiger partial charge >= 0.3 is 0 Å². The van der Waals surface area contributed by atoms with Crippen LogP contribution in [0.1, 0.15) is 142 Å². The van der Waals surface area contributed by atoms with Gasteiger partial charge in [-0.3, -0.25) is 4.79 Å². The molecule has 0 spiro atoms. The summed E-state index contributed by atoms with van der Waals surface area (Å²) in [6.45, 7) is 35.5. The first-order chi connectivity index (χ1) is 29.9. The number of rotatable bonds is 1. The van der Waals surface area contributed by atoms with Gasteiger partial charge in [0.2, 0.25) is 0 Å². The summed E-state index contributed by atoms with van der Waals surface area (Å²) >= 11 is 0. The third kappa shape index (κ3) is 4.54. The van der Waals surface area contributed by atoms with E-state index in [0.29, 0.717) is 0 Å². The monoisotopic (exact) mass is 830 g/mol. The number of fused-ring (bicyclic) bond motifs is 6. The number of carbonyl (C=O) groups excluding carboxylic acids is 1. The second kappa shape index (κ2) is 11.2. The van der Waals surface area contributed by atoms with Crippen molar-refractivity contribution in [3.8, 4) is 0 Å². The quantitative estimate of drug-likeness (QED) is 0.0915. The summed E-state index contributed by atoms with van der Waals surface area (Å²) in [6.07, 6.45) is 1.08. The van der Waals surface area contributed by atoms with Gasteiger partial charge in [-0.25, -0.2) is 0 Å². The van der Waals surface area contributed by atoms with Crippen LogP contribution >= 0.6 is 0 Å². The Bertz CT molecular complexity index is 3920. The molecule has 64 heavy (non-hydrogen) atoms. The highest BCUT2D eigenvalue weighted by Gasteiger charge is 2.35. The lowest BCUT2D eigenvalue weighted by Crippen LogP contribution is -2.14. The molecule has 13 aromatic carbocycles. The zero-order valence-corrected chi connectivity index (χ0v) is 40.4. The lowest BCUT2D eigenvalue weighted by Gasteiger charge is -2.32. The molecule has 0 aliphatic carbocycles. The average Bonchev–Trinajstić information content (AvgIpc) is 3.21. The lowest BCUT2D eigenvalue weighted by atomic mass is 9.70. The summed E-state index contributed by atoms with van der Waals surface area (Å²) < 4.78 is 0. The van der Waals surface area contributed by atoms with Crippen molar-refractivity contribution in [2.45, 2.75) is 131 Å². The number of hydrogen-bond donors (Lipinski definition) is 0. The molecule has 0 amide bonds. The molecule has 0 saturated heterocycles. The van der Waals surface area contributed by atoms with Gasteiger partial charge in [0, 0.05) is 5.56 Å². The summed E-state index contributed by atoms with van der Waals surface area (Å²) in [5.41, 5.74) is 7.06. The molecule has 0 radical (unpaired) electrons. The fourth-order valence-electron chi connectivity index (χ4n) is 12.5. The molecular weight excluding hydrogens is 773 g/mol. The number of aldehydes is 1. The van der Waals surface area contributed by atoms with E-state index in [1.165, 1.54) is 157 Å². The molecule has 0 aliphatic rings. The standard InChI is InChI=1S/C63H58O/c1-59(2,3)30-18-37-35-16-29(28-64)17-36-38-19-31(60(4,5)6)21-40-42-23-33(62(10,11)12)25-44-46-27-34(63(13,14)15)26-45-43-24-32(61(7,8)9)22-41-39(20-30)48(37)54-53(47(35)36)55(49(38)40)57(51(42)44)58(52(45)46)56(54)50(41)43/h16-28H,1-15H3. The largest absolute Gasteiger partial charge is 0.298 e. The van der Waals surface area contributed by atoms with Crippen molar-refractivity contribution in [3.63, 3.8) is 0 Å². The summed E-state index contributed by atoms with van der Waals surface area (Å²) in [4.78, 5) is 13.2. The van der Waals surface area contributed by atoms with Gasteiger partial charge in [0.05, 0.1) is 0 Å². The van der Waals surface area contributed by atoms with Crippen LogP contribution in [0.4, 0.5) is 0 Å². The summed E-state index contributed by atoms with van der Waals surface area (Å²) in [7, 11) is 0. The summed E-state index contributed by atoms with van der Waals surface area (Å²) in [5, 5.41) is 32.4. The molecule has 0 fully saturated rings. The van der Waals surface area contributed by atoms with Crippen LogP contribution in [0.25, 0.3) is 129 Å². The maximum Gasteiger partial charge on any atom is 0.150 e. The molecule has 0 aliphatic heterocycles. The van der Waals surface area contributed by atoms with Crippen molar-refractivity contribution in [2.24, 2.45) is 0 Å². The highest BCUT2D eigenvalue weighted by Crippen LogP contribution is 2.61. The fraction of sp³-hybridized carbons (Fsp3) is 0.317. The maximum atomic E-state index is 13.2. The Kier molecular flexibility index (Phi) is 6.75. The minimum absolute atomic E-state index is 0.0654. The van der Waals surface area contributed by atoms with Gasteiger partial charge in [-0.1, -0.05) is 104 Å². The minimum Gasteiger partial charge on any atom is -0.298 e. The number of carbonyl (C=O) groups is 1. The Morgan fingerprint density at radius 1 is 0.234 bits per heavy atom. The van der Waals surface area contributed by atoms with E-state index in [-0.39, 0.29) is 27.1 Å². The second-order valence-electron chi connectivity index (χ2n) is 25.3. The molecular formula is C63H58O. The lowest BCUT2D eigenvalue weighted by molar-refractivity contribution is 0.112. The summed E-state index contributed by atoms with van der Waals surface area (Å²) in [6, 6.07) is 30.0. The Labute approximate surface area is 375 Å². The Morgan fingerprint density at radius 3 is 0.500 bits per heavy atom. The molecule has 0 N–H and O–H groups in total. The second-order valence-corrected chi connectivity index (χ2v) is 25.3. The Morgan fingerprint density at radius 2 is 0.375 bits per heavy atom. The summed E-state index contributed by atoms with van der Waals surface area (Å²) in [5.74, 6) is 0. The molecule has 316 valence electrons. The van der Waals surface area contributed by atoms with Crippen LogP contribution in [-0.2, 0) is 27.1 Å². The first-order valence-corrected chi connectivity index (χ1v) is 23.7. The van der Waals surface area contributed by atoms with Gasteiger partial charge in [0.15, 0.2) is 0 Å². The normalized spacial score (nSPS) is 14.5. The van der Waals surface area contributed by atoms with Gasteiger partial charge < -0.3 is 0 Å². The first kappa shape index (κ1) is 38.6. The van der Waals surface area contributed by atoms with Crippen molar-refractivity contribution in [2.75, 3.05) is 0 Å². The molecule has 0 saturated carbocycles. The van der Waals surface area contributed by atoms with E-state index >= 15 is 0 Å². The minimum atomic E-state index is -0.101. The zero-order chi connectivity index (χ0) is 45.0. The number of benzene rings is 13. The third-order valence-electron chi connectivity index (χ3n) is 16.1. The highest BCUT2D eigenvalue weighted by atomic mass is 16.1. The van der Waals surface area contributed by atoms with Crippen LogP contribution in [-0.4, -0.2) is 6.29 Å². The fourth-order valence-corrected chi connectivity index (χ4v) is 12.5. The topological polar surface area (TPSA) is 17.1 Å². The first-order valence-electron chi connectivity index (χ1n) is 23.7. The van der Waals surface area contributed by atoms with E-state index < -0.39 is 0 Å². The van der Waals surface area contributed by atoms with Crippen molar-refractivity contribution in [3.05, 3.63) is 106 Å². The van der Waals surface area contributed by atoms with Crippen molar-refractivity contribution in [1.29, 1.82) is 0 Å². The maximum absolute atomic E-state index is 13.2. The smallest absolute Gasteiger partial charge is 0.150 e. The van der Waals surface area contributed by atoms with E-state index in [2.05, 4.69) is 177 Å². The molecule has 0 unspecified atom stereocenters. The van der Waals surface area contributed by atoms with Crippen LogP contribution in [0.5, 0.6) is 0 Å². The molecule has 1 nitrogen and oxygen atoms in total. The highest BCUT2D eigenvalue weighted by molar-refractivity contribution is 6.61. The van der Waals surface area contributed by atoms with Crippen LogP contribution in [0.3, 0.4) is 0 Å². The predicted octanol–water partition coefficient (Wildman–Crippen LogP) is 18.5. The molecule has 1 heteroatoms. The van der Waals surface area contributed by atoms with Gasteiger partial charge in [0.1, 0.15) is 6.29 Å². The van der Waals surface area contributed by atoms with Crippen LogP contribution in [0.15, 0.2) is 72.8 Å². The molecule has 0 aromatic heterocycles. The van der Waals surface area contributed by atoms with Gasteiger partial charge in [-0.2, -0.15) is 0 Å². The molecule has 0 bridgehead atoms. The molecule has 13 aromatic rings.